The second-order valence-electron chi connectivity index (χ2n) is 11.0. The molecule has 1 aromatic carbocycles. The molecule has 0 bridgehead atoms. The molecule has 2 amide bonds. The summed E-state index contributed by atoms with van der Waals surface area (Å²) in [4.78, 5) is 58.0. The highest BCUT2D eigenvalue weighted by molar-refractivity contribution is 6.35. The highest BCUT2D eigenvalue weighted by Gasteiger charge is 2.63. The molecule has 238 valence electrons. The van der Waals surface area contributed by atoms with Crippen molar-refractivity contribution in [3.05, 3.63) is 63.6 Å². The normalized spacial score (nSPS) is 24.9. The number of ketones is 2. The third-order valence-electron chi connectivity index (χ3n) is 8.49. The van der Waals surface area contributed by atoms with E-state index in [-0.39, 0.29) is 59.5 Å². The van der Waals surface area contributed by atoms with Crippen LogP contribution in [0.25, 0.3) is 0 Å². The third kappa shape index (κ3) is 5.02. The van der Waals surface area contributed by atoms with E-state index in [1.54, 1.807) is 31.8 Å². The number of halogens is 3. The van der Waals surface area contributed by atoms with Gasteiger partial charge in [-0.25, -0.2) is 4.98 Å². The fraction of sp³-hybridized carbons (Fsp3) is 0.393. The van der Waals surface area contributed by atoms with E-state index in [4.69, 9.17) is 17.3 Å². The SMILES string of the molecule is CCC(C(=O)Nc1c(Cl)cc2c(c1O)C(=O)C1=C(O)[C@]3(O)C(=O)C(C(N)=O)=C(O)[C@@H](N(C)C)C3CC1C2)n1ccnc1.Cl.Cl. The summed E-state index contributed by atoms with van der Waals surface area (Å²) in [6, 6.07) is -0.345. The molecule has 3 aliphatic carbocycles. The number of nitrogens with one attached hydrogen (secondary N) is 1. The van der Waals surface area contributed by atoms with Gasteiger partial charge in [0.05, 0.1) is 23.0 Å². The Morgan fingerprint density at radius 3 is 2.45 bits per heavy atom. The van der Waals surface area contributed by atoms with Crippen molar-refractivity contribution in [2.75, 3.05) is 19.4 Å². The van der Waals surface area contributed by atoms with Crippen LogP contribution in [0.1, 0.15) is 41.7 Å². The maximum Gasteiger partial charge on any atom is 0.255 e. The summed E-state index contributed by atoms with van der Waals surface area (Å²) >= 11 is 6.48. The van der Waals surface area contributed by atoms with Crippen LogP contribution in [0, 0.1) is 11.8 Å². The molecule has 0 aliphatic heterocycles. The molecule has 1 heterocycles. The maximum absolute atomic E-state index is 13.9. The van der Waals surface area contributed by atoms with Gasteiger partial charge in [-0.3, -0.25) is 24.1 Å². The van der Waals surface area contributed by atoms with Crippen molar-refractivity contribution in [1.29, 1.82) is 0 Å². The minimum Gasteiger partial charge on any atom is -0.510 e. The third-order valence-corrected chi connectivity index (χ3v) is 8.79. The van der Waals surface area contributed by atoms with E-state index >= 15 is 0 Å². The Morgan fingerprint density at radius 2 is 1.91 bits per heavy atom. The molecule has 7 N–H and O–H groups in total. The number of nitrogens with two attached hydrogens (primary N) is 1. The molecule has 5 rings (SSSR count). The van der Waals surface area contributed by atoms with E-state index in [9.17, 15) is 39.6 Å². The number of benzene rings is 1. The average molecular weight is 673 g/mol. The van der Waals surface area contributed by atoms with Crippen LogP contribution in [0.2, 0.25) is 5.02 Å². The van der Waals surface area contributed by atoms with Crippen LogP contribution >= 0.6 is 36.4 Å². The lowest BCUT2D eigenvalue weighted by Gasteiger charge is -2.50. The van der Waals surface area contributed by atoms with Gasteiger partial charge in [-0.1, -0.05) is 18.5 Å². The quantitative estimate of drug-likeness (QED) is 0.195. The molecule has 0 spiro atoms. The van der Waals surface area contributed by atoms with Crippen molar-refractivity contribution < 1.29 is 39.6 Å². The molecule has 44 heavy (non-hydrogen) atoms. The first kappa shape index (κ1) is 34.9. The highest BCUT2D eigenvalue weighted by Crippen LogP contribution is 2.53. The number of Topliss-reactive ketones (excluding diaryl/α,β-unsaturated/α-hetero) is 2. The molecule has 2 aromatic rings. The summed E-state index contributed by atoms with van der Waals surface area (Å²) in [7, 11) is 3.10. The first-order valence-corrected chi connectivity index (χ1v) is 13.6. The second kappa shape index (κ2) is 12.4. The van der Waals surface area contributed by atoms with E-state index in [2.05, 4.69) is 10.3 Å². The van der Waals surface area contributed by atoms with Crippen molar-refractivity contribution in [2.24, 2.45) is 17.6 Å². The molecule has 0 fully saturated rings. The molecule has 3 aliphatic rings. The number of phenolic OH excluding ortho intramolecular Hbond substituents is 1. The number of aromatic hydroxyl groups is 1. The van der Waals surface area contributed by atoms with Crippen LogP contribution in [0.4, 0.5) is 5.69 Å². The van der Waals surface area contributed by atoms with Gasteiger partial charge < -0.3 is 36.0 Å². The van der Waals surface area contributed by atoms with Crippen LogP contribution in [0.3, 0.4) is 0 Å². The Balaban J connectivity index is 0.00000264. The van der Waals surface area contributed by atoms with Gasteiger partial charge in [0.2, 0.25) is 11.7 Å². The van der Waals surface area contributed by atoms with Gasteiger partial charge in [0, 0.05) is 23.9 Å². The molecule has 5 atom stereocenters. The first-order chi connectivity index (χ1) is 19.7. The van der Waals surface area contributed by atoms with Crippen LogP contribution in [-0.2, 0) is 20.8 Å². The number of nitrogens with zero attached hydrogens (tertiary/aromatic N) is 3. The van der Waals surface area contributed by atoms with Gasteiger partial charge in [-0.05, 0) is 50.9 Å². The number of carbonyl (C=O) groups is 4. The van der Waals surface area contributed by atoms with Crippen LogP contribution in [0.15, 0.2) is 47.5 Å². The molecule has 0 saturated carbocycles. The number of amides is 2. The molecule has 13 nitrogen and oxygen atoms in total. The maximum atomic E-state index is 13.9. The number of likely N-dealkylation sites (N-methyl/N-ethyl adjacent to an activating group) is 1. The van der Waals surface area contributed by atoms with Crippen molar-refractivity contribution in [2.45, 2.75) is 43.9 Å². The van der Waals surface area contributed by atoms with Gasteiger partial charge in [0.1, 0.15) is 28.8 Å². The van der Waals surface area contributed by atoms with E-state index in [1.807, 2.05) is 0 Å². The largest absolute Gasteiger partial charge is 0.510 e. The second-order valence-corrected chi connectivity index (χ2v) is 11.4. The Morgan fingerprint density at radius 1 is 1.25 bits per heavy atom. The Hall–Kier alpha value is -3.62. The van der Waals surface area contributed by atoms with E-state index in [0.29, 0.717) is 12.0 Å². The number of aromatic nitrogens is 2. The number of hydrogen-bond acceptors (Lipinski definition) is 10. The number of anilines is 1. The van der Waals surface area contributed by atoms with Crippen molar-refractivity contribution >= 4 is 65.5 Å². The van der Waals surface area contributed by atoms with Crippen molar-refractivity contribution in [3.8, 4) is 5.75 Å². The smallest absolute Gasteiger partial charge is 0.255 e. The van der Waals surface area contributed by atoms with Gasteiger partial charge in [-0.15, -0.1) is 24.8 Å². The summed E-state index contributed by atoms with van der Waals surface area (Å²) in [5.41, 5.74) is 1.27. The van der Waals surface area contributed by atoms with Gasteiger partial charge in [0.15, 0.2) is 17.1 Å². The lowest BCUT2D eigenvalue weighted by atomic mass is 9.58. The van der Waals surface area contributed by atoms with Crippen LogP contribution in [-0.4, -0.2) is 84.0 Å². The number of imidazole rings is 1. The molecule has 0 saturated heterocycles. The summed E-state index contributed by atoms with van der Waals surface area (Å²) in [6.45, 7) is 1.78. The molecule has 0 radical (unpaired) electrons. The number of allylic oxidation sites excluding steroid dienone is 1. The zero-order valence-corrected chi connectivity index (χ0v) is 26.2. The highest BCUT2D eigenvalue weighted by atomic mass is 35.5. The number of aliphatic hydroxyl groups excluding tert-OH is 2. The van der Waals surface area contributed by atoms with Crippen molar-refractivity contribution in [1.82, 2.24) is 14.5 Å². The molecular formula is C28H32Cl3N5O8. The number of hydrogen-bond donors (Lipinski definition) is 6. The van der Waals surface area contributed by atoms with E-state index in [0.717, 1.165) is 0 Å². The number of primary amides is 1. The van der Waals surface area contributed by atoms with E-state index in [1.165, 1.54) is 23.5 Å². The topological polar surface area (TPSA) is 208 Å². The number of aliphatic hydroxyl groups is 3. The standard InChI is InChI=1S/C28H30ClN5O8.2ClH/c1-4-15(34-6-5-31-10-34)27(41)32-19-14(29)9-12-7-11-8-13-20(33(2)3)23(37)18(26(30)40)25(39)28(13,42)24(38)17(11)21(35)16(12)22(19)36;;/h5-6,9-11,13,15,20,36-38,42H,4,7-8H2,1-3H3,(H2,30,40)(H,32,41);2*1H/t11?,13?,15?,20-,28-;;/m0../s1. The molecule has 3 unspecified atom stereocenters. The molecule has 1 aromatic heterocycles. The summed E-state index contributed by atoms with van der Waals surface area (Å²) < 4.78 is 1.57. The van der Waals surface area contributed by atoms with Crippen LogP contribution in [0.5, 0.6) is 5.75 Å². The molecule has 16 heteroatoms. The molecular weight excluding hydrogens is 641 g/mol. The minimum absolute atomic E-state index is 0. The van der Waals surface area contributed by atoms with Gasteiger partial charge >= 0.3 is 0 Å². The predicted octanol–water partition coefficient (Wildman–Crippen LogP) is 2.40. The van der Waals surface area contributed by atoms with Crippen LogP contribution < -0.4 is 11.1 Å². The van der Waals surface area contributed by atoms with Gasteiger partial charge in [0.25, 0.3) is 5.91 Å². The Labute approximate surface area is 269 Å². The Bertz CT molecular complexity index is 1610. The Kier molecular flexibility index (Phi) is 9.83. The monoisotopic (exact) mass is 671 g/mol. The lowest BCUT2D eigenvalue weighted by molar-refractivity contribution is -0.148. The van der Waals surface area contributed by atoms with E-state index < -0.39 is 75.7 Å². The first-order valence-electron chi connectivity index (χ1n) is 13.2. The minimum atomic E-state index is -2.75. The fourth-order valence-electron chi connectivity index (χ4n) is 6.58. The summed E-state index contributed by atoms with van der Waals surface area (Å²) in [5, 5.41) is 47.7. The number of fused-ring (bicyclic) bond motifs is 3. The average Bonchev–Trinajstić information content (AvgIpc) is 3.43. The van der Waals surface area contributed by atoms with Crippen molar-refractivity contribution in [3.63, 3.8) is 0 Å². The summed E-state index contributed by atoms with van der Waals surface area (Å²) in [6.07, 6.45) is 4.99. The number of rotatable bonds is 6. The lowest BCUT2D eigenvalue weighted by Crippen LogP contribution is -2.63. The fourth-order valence-corrected chi connectivity index (χ4v) is 6.85. The predicted molar refractivity (Wildman–Crippen MR) is 163 cm³/mol. The summed E-state index contributed by atoms with van der Waals surface area (Å²) in [5.74, 6) is -8.17. The zero-order chi connectivity index (χ0) is 30.8. The van der Waals surface area contributed by atoms with Gasteiger partial charge in [-0.2, -0.15) is 0 Å². The number of carbonyl (C=O) groups excluding carboxylic acids is 4. The number of phenols is 1. The zero-order valence-electron chi connectivity index (χ0n) is 23.8.